The average molecular weight is 317 g/mol. The molecule has 4 nitrogen and oxygen atoms in total. The molecule has 0 amide bonds. The van der Waals surface area contributed by atoms with E-state index in [-0.39, 0.29) is 0 Å². The van der Waals surface area contributed by atoms with Gasteiger partial charge in [-0.25, -0.2) is 9.97 Å². The third kappa shape index (κ3) is 3.01. The van der Waals surface area contributed by atoms with E-state index < -0.39 is 0 Å². The Morgan fingerprint density at radius 1 is 1.27 bits per heavy atom. The molecule has 0 spiro atoms. The molecular formula is C17H23N3OS. The van der Waals surface area contributed by atoms with Gasteiger partial charge in [0.2, 0.25) is 0 Å². The summed E-state index contributed by atoms with van der Waals surface area (Å²) in [5.74, 6) is 2.46. The third-order valence-electron chi connectivity index (χ3n) is 4.68. The first kappa shape index (κ1) is 14.5. The van der Waals surface area contributed by atoms with Crippen molar-refractivity contribution < 1.29 is 4.74 Å². The maximum atomic E-state index is 5.82. The van der Waals surface area contributed by atoms with Gasteiger partial charge in [-0.15, -0.1) is 0 Å². The minimum atomic E-state index is 0.342. The second kappa shape index (κ2) is 6.59. The average Bonchev–Trinajstić information content (AvgIpc) is 3.18. The molecule has 0 N–H and O–H groups in total. The van der Waals surface area contributed by atoms with Crippen LogP contribution in [0.1, 0.15) is 37.9 Å². The van der Waals surface area contributed by atoms with Crippen LogP contribution in [0.5, 0.6) is 0 Å². The van der Waals surface area contributed by atoms with Crippen molar-refractivity contribution in [2.45, 2.75) is 56.4 Å². The zero-order valence-electron chi connectivity index (χ0n) is 12.9. The standard InChI is InChI=1S/C17H23N3OS/c1-2-10-22-14(6-1)12-20-16(11-13-5-4-9-21-13)19-15-7-3-8-18-17(15)20/h3,7-8,13-14H,1-2,4-6,9-12H2. The maximum absolute atomic E-state index is 5.82. The van der Waals surface area contributed by atoms with E-state index in [0.29, 0.717) is 11.4 Å². The van der Waals surface area contributed by atoms with E-state index in [4.69, 9.17) is 9.72 Å². The van der Waals surface area contributed by atoms with E-state index >= 15 is 0 Å². The van der Waals surface area contributed by atoms with Gasteiger partial charge in [-0.2, -0.15) is 11.8 Å². The Kier molecular flexibility index (Phi) is 4.35. The van der Waals surface area contributed by atoms with Crippen LogP contribution in [0.4, 0.5) is 0 Å². The van der Waals surface area contributed by atoms with Gasteiger partial charge in [-0.3, -0.25) is 0 Å². The summed E-state index contributed by atoms with van der Waals surface area (Å²) in [6, 6.07) is 4.05. The number of thioether (sulfide) groups is 1. The van der Waals surface area contributed by atoms with E-state index in [1.54, 1.807) is 0 Å². The summed E-state index contributed by atoms with van der Waals surface area (Å²) >= 11 is 2.11. The molecule has 2 saturated heterocycles. The molecular weight excluding hydrogens is 294 g/mol. The SMILES string of the molecule is c1cnc2c(c1)nc(CC1CCCO1)n2CC1CCCCS1. The quantitative estimate of drug-likeness (QED) is 0.866. The van der Waals surface area contributed by atoms with Crippen molar-refractivity contribution >= 4 is 22.9 Å². The van der Waals surface area contributed by atoms with E-state index in [1.165, 1.54) is 31.4 Å². The number of imidazole rings is 1. The van der Waals surface area contributed by atoms with Crippen molar-refractivity contribution in [1.29, 1.82) is 0 Å². The van der Waals surface area contributed by atoms with Crippen molar-refractivity contribution in [2.75, 3.05) is 12.4 Å². The fourth-order valence-electron chi connectivity index (χ4n) is 3.52. The van der Waals surface area contributed by atoms with Crippen molar-refractivity contribution in [1.82, 2.24) is 14.5 Å². The first-order valence-corrected chi connectivity index (χ1v) is 9.48. The highest BCUT2D eigenvalue weighted by atomic mass is 32.2. The number of rotatable bonds is 4. The van der Waals surface area contributed by atoms with Gasteiger partial charge >= 0.3 is 0 Å². The van der Waals surface area contributed by atoms with Crippen LogP contribution in [0.2, 0.25) is 0 Å². The van der Waals surface area contributed by atoms with Crippen LogP contribution in [0.3, 0.4) is 0 Å². The van der Waals surface area contributed by atoms with Crippen LogP contribution in [0, 0.1) is 0 Å². The van der Waals surface area contributed by atoms with Crippen molar-refractivity contribution in [2.24, 2.45) is 0 Å². The Hall–Kier alpha value is -1.07. The highest BCUT2D eigenvalue weighted by Crippen LogP contribution is 2.28. The predicted octanol–water partition coefficient (Wildman–Crippen LogP) is 3.44. The van der Waals surface area contributed by atoms with Crippen LogP contribution < -0.4 is 0 Å². The van der Waals surface area contributed by atoms with Gasteiger partial charge in [0.15, 0.2) is 5.65 Å². The number of hydrogen-bond donors (Lipinski definition) is 0. The number of pyridine rings is 1. The summed E-state index contributed by atoms with van der Waals surface area (Å²) < 4.78 is 8.18. The Labute approximate surface area is 135 Å². The highest BCUT2D eigenvalue weighted by Gasteiger charge is 2.23. The fraction of sp³-hybridized carbons (Fsp3) is 0.647. The molecule has 2 aliphatic rings. The molecule has 4 heterocycles. The summed E-state index contributed by atoms with van der Waals surface area (Å²) in [5.41, 5.74) is 2.07. The summed E-state index contributed by atoms with van der Waals surface area (Å²) in [4.78, 5) is 9.45. The summed E-state index contributed by atoms with van der Waals surface area (Å²) in [5, 5.41) is 0.705. The van der Waals surface area contributed by atoms with Gasteiger partial charge in [0.1, 0.15) is 11.3 Å². The molecule has 2 fully saturated rings. The minimum Gasteiger partial charge on any atom is -0.378 e. The zero-order chi connectivity index (χ0) is 14.8. The molecule has 2 aliphatic heterocycles. The van der Waals surface area contributed by atoms with Crippen LogP contribution in [-0.2, 0) is 17.7 Å². The van der Waals surface area contributed by atoms with E-state index in [1.807, 2.05) is 12.3 Å². The Morgan fingerprint density at radius 3 is 3.09 bits per heavy atom. The Balaban J connectivity index is 1.63. The lowest BCUT2D eigenvalue weighted by Crippen LogP contribution is -2.21. The number of aromatic nitrogens is 3. The number of ether oxygens (including phenoxy) is 1. The lowest BCUT2D eigenvalue weighted by atomic mass is 10.1. The Bertz CT molecular complexity index is 630. The second-order valence-corrected chi connectivity index (χ2v) is 7.72. The zero-order valence-corrected chi connectivity index (χ0v) is 13.7. The number of hydrogen-bond acceptors (Lipinski definition) is 4. The van der Waals surface area contributed by atoms with Crippen molar-refractivity contribution in [3.63, 3.8) is 0 Å². The van der Waals surface area contributed by atoms with E-state index in [9.17, 15) is 0 Å². The first-order chi connectivity index (χ1) is 10.9. The topological polar surface area (TPSA) is 39.9 Å². The van der Waals surface area contributed by atoms with Crippen molar-refractivity contribution in [3.05, 3.63) is 24.2 Å². The van der Waals surface area contributed by atoms with Crippen molar-refractivity contribution in [3.8, 4) is 0 Å². The van der Waals surface area contributed by atoms with Gasteiger partial charge in [0.25, 0.3) is 0 Å². The van der Waals surface area contributed by atoms with E-state index in [2.05, 4.69) is 27.4 Å². The number of fused-ring (bicyclic) bond motifs is 1. The van der Waals surface area contributed by atoms with Gasteiger partial charge in [-0.05, 0) is 43.6 Å². The molecule has 0 radical (unpaired) electrons. The molecule has 118 valence electrons. The molecule has 2 aromatic rings. The van der Waals surface area contributed by atoms with E-state index in [0.717, 1.165) is 43.0 Å². The summed E-state index contributed by atoms with van der Waals surface area (Å²) in [6.45, 7) is 1.95. The van der Waals surface area contributed by atoms with Crippen LogP contribution >= 0.6 is 11.8 Å². The smallest absolute Gasteiger partial charge is 0.160 e. The molecule has 2 aromatic heterocycles. The van der Waals surface area contributed by atoms with Gasteiger partial charge < -0.3 is 9.30 Å². The molecule has 0 aromatic carbocycles. The summed E-state index contributed by atoms with van der Waals surface area (Å²) in [6.07, 6.45) is 9.53. The van der Waals surface area contributed by atoms with Gasteiger partial charge in [0.05, 0.1) is 6.10 Å². The molecule has 2 unspecified atom stereocenters. The fourth-order valence-corrected chi connectivity index (χ4v) is 4.81. The minimum absolute atomic E-state index is 0.342. The maximum Gasteiger partial charge on any atom is 0.160 e. The molecule has 0 saturated carbocycles. The highest BCUT2D eigenvalue weighted by molar-refractivity contribution is 7.99. The van der Waals surface area contributed by atoms with Crippen LogP contribution in [-0.4, -0.2) is 38.2 Å². The van der Waals surface area contributed by atoms with Crippen LogP contribution in [0.25, 0.3) is 11.2 Å². The second-order valence-electron chi connectivity index (χ2n) is 6.31. The first-order valence-electron chi connectivity index (χ1n) is 8.43. The predicted molar refractivity (Wildman–Crippen MR) is 90.3 cm³/mol. The molecule has 0 bridgehead atoms. The summed E-state index contributed by atoms with van der Waals surface area (Å²) in [7, 11) is 0. The van der Waals surface area contributed by atoms with Crippen LogP contribution in [0.15, 0.2) is 18.3 Å². The molecule has 2 atom stereocenters. The molecule has 5 heteroatoms. The Morgan fingerprint density at radius 2 is 2.27 bits per heavy atom. The lowest BCUT2D eigenvalue weighted by Gasteiger charge is -2.23. The number of nitrogens with zero attached hydrogens (tertiary/aromatic N) is 3. The molecule has 4 rings (SSSR count). The largest absolute Gasteiger partial charge is 0.378 e. The van der Waals surface area contributed by atoms with Gasteiger partial charge in [0, 0.05) is 31.0 Å². The monoisotopic (exact) mass is 317 g/mol. The third-order valence-corrected chi connectivity index (χ3v) is 6.06. The normalized spacial score (nSPS) is 25.8. The molecule has 22 heavy (non-hydrogen) atoms. The lowest BCUT2D eigenvalue weighted by molar-refractivity contribution is 0.109. The molecule has 0 aliphatic carbocycles. The van der Waals surface area contributed by atoms with Gasteiger partial charge in [-0.1, -0.05) is 6.42 Å².